The molecule has 0 bridgehead atoms. The van der Waals surface area contributed by atoms with E-state index in [0.717, 1.165) is 18.2 Å². The van der Waals surface area contributed by atoms with Gasteiger partial charge < -0.3 is 9.64 Å². The topological polar surface area (TPSA) is 60.2 Å². The second-order valence-corrected chi connectivity index (χ2v) is 6.75. The molecule has 1 fully saturated rings. The van der Waals surface area contributed by atoms with Crippen molar-refractivity contribution in [1.82, 2.24) is 19.7 Å². The summed E-state index contributed by atoms with van der Waals surface area (Å²) in [6.45, 7) is 2.84. The summed E-state index contributed by atoms with van der Waals surface area (Å²) in [6, 6.07) is 3.54. The molecule has 1 saturated carbocycles. The fourth-order valence-electron chi connectivity index (χ4n) is 3.43. The molecular weight excluding hydrogens is 304 g/mol. The van der Waals surface area contributed by atoms with Crippen LogP contribution < -0.4 is 0 Å². The van der Waals surface area contributed by atoms with Crippen molar-refractivity contribution >= 4 is 5.91 Å². The third kappa shape index (κ3) is 2.94. The molecule has 3 heterocycles. The monoisotopic (exact) mass is 326 g/mol. The average Bonchev–Trinajstić information content (AvgIpc) is 3.34. The molecular formula is C18H22N4O2. The lowest BCUT2D eigenvalue weighted by Gasteiger charge is -2.33. The first kappa shape index (κ1) is 15.3. The normalized spacial score (nSPS) is 20.0. The number of rotatable bonds is 5. The van der Waals surface area contributed by atoms with E-state index >= 15 is 0 Å². The molecule has 0 saturated heterocycles. The van der Waals surface area contributed by atoms with Gasteiger partial charge >= 0.3 is 0 Å². The van der Waals surface area contributed by atoms with Gasteiger partial charge in [-0.1, -0.05) is 0 Å². The van der Waals surface area contributed by atoms with Gasteiger partial charge in [-0.25, -0.2) is 0 Å². The third-order valence-corrected chi connectivity index (χ3v) is 4.91. The molecule has 0 unspecified atom stereocenters. The van der Waals surface area contributed by atoms with Gasteiger partial charge in [-0.2, -0.15) is 5.10 Å². The molecule has 2 aromatic rings. The van der Waals surface area contributed by atoms with Crippen LogP contribution in [0.2, 0.25) is 0 Å². The molecule has 1 atom stereocenters. The highest BCUT2D eigenvalue weighted by Crippen LogP contribution is 2.34. The van der Waals surface area contributed by atoms with Gasteiger partial charge in [0.15, 0.2) is 0 Å². The van der Waals surface area contributed by atoms with Crippen molar-refractivity contribution < 1.29 is 9.53 Å². The van der Waals surface area contributed by atoms with E-state index in [9.17, 15) is 4.79 Å². The zero-order valence-corrected chi connectivity index (χ0v) is 13.9. The standard InChI is InChI=1S/C18H22N4O2/c1-24-12-15-10-21(18(23)14-4-6-19-7-5-14)11-17-16(15)8-20-22(17)9-13-2-3-13/h4-8,13,15H,2-3,9-12H2,1H3/t15-/m0/s1. The number of methoxy groups -OCH3 is 1. The van der Waals surface area contributed by atoms with Gasteiger partial charge in [-0.3, -0.25) is 14.5 Å². The quantitative estimate of drug-likeness (QED) is 0.844. The molecule has 1 aliphatic carbocycles. The Morgan fingerprint density at radius 2 is 2.12 bits per heavy atom. The Balaban J connectivity index is 1.62. The molecule has 0 aromatic carbocycles. The summed E-state index contributed by atoms with van der Waals surface area (Å²) < 4.78 is 7.49. The Hall–Kier alpha value is -2.21. The number of ether oxygens (including phenoxy) is 1. The smallest absolute Gasteiger partial charge is 0.254 e. The van der Waals surface area contributed by atoms with Crippen LogP contribution in [0.15, 0.2) is 30.7 Å². The zero-order valence-electron chi connectivity index (χ0n) is 13.9. The van der Waals surface area contributed by atoms with Gasteiger partial charge in [-0.15, -0.1) is 0 Å². The lowest BCUT2D eigenvalue weighted by molar-refractivity contribution is 0.0674. The van der Waals surface area contributed by atoms with Gasteiger partial charge in [-0.05, 0) is 30.9 Å². The van der Waals surface area contributed by atoms with Crippen LogP contribution in [-0.4, -0.2) is 45.8 Å². The Labute approximate surface area is 141 Å². The summed E-state index contributed by atoms with van der Waals surface area (Å²) in [4.78, 5) is 18.8. The van der Waals surface area contributed by atoms with E-state index in [1.807, 2.05) is 11.1 Å². The summed E-state index contributed by atoms with van der Waals surface area (Å²) >= 11 is 0. The lowest BCUT2D eigenvalue weighted by Crippen LogP contribution is -2.40. The van der Waals surface area contributed by atoms with Gasteiger partial charge in [0.1, 0.15) is 0 Å². The van der Waals surface area contributed by atoms with E-state index in [1.165, 1.54) is 18.4 Å². The molecule has 2 aromatic heterocycles. The molecule has 6 heteroatoms. The molecule has 4 rings (SSSR count). The predicted octanol–water partition coefficient (Wildman–Crippen LogP) is 2.07. The maximum Gasteiger partial charge on any atom is 0.254 e. The van der Waals surface area contributed by atoms with Gasteiger partial charge in [0, 0.05) is 49.6 Å². The number of carbonyl (C=O) groups excluding carboxylic acids is 1. The molecule has 0 N–H and O–H groups in total. The van der Waals surface area contributed by atoms with Crippen molar-refractivity contribution in [3.05, 3.63) is 47.5 Å². The van der Waals surface area contributed by atoms with Gasteiger partial charge in [0.2, 0.25) is 0 Å². The van der Waals surface area contributed by atoms with Crippen LogP contribution in [0.4, 0.5) is 0 Å². The summed E-state index contributed by atoms with van der Waals surface area (Å²) in [5.41, 5.74) is 3.08. The maximum atomic E-state index is 12.9. The molecule has 1 aliphatic heterocycles. The van der Waals surface area contributed by atoms with E-state index in [0.29, 0.717) is 25.3 Å². The Morgan fingerprint density at radius 3 is 2.83 bits per heavy atom. The summed E-state index contributed by atoms with van der Waals surface area (Å²) in [5.74, 6) is 0.974. The minimum Gasteiger partial charge on any atom is -0.384 e. The number of carbonyl (C=O) groups is 1. The van der Waals surface area contributed by atoms with E-state index in [1.54, 1.807) is 31.6 Å². The number of hydrogen-bond acceptors (Lipinski definition) is 4. The van der Waals surface area contributed by atoms with Crippen LogP contribution in [0.5, 0.6) is 0 Å². The molecule has 1 amide bonds. The van der Waals surface area contributed by atoms with Crippen LogP contribution in [0.3, 0.4) is 0 Å². The Morgan fingerprint density at radius 1 is 1.33 bits per heavy atom. The molecule has 0 spiro atoms. The minimum atomic E-state index is 0.0447. The van der Waals surface area contributed by atoms with Crippen molar-refractivity contribution in [2.75, 3.05) is 20.3 Å². The summed E-state index contributed by atoms with van der Waals surface area (Å²) in [7, 11) is 1.71. The lowest BCUT2D eigenvalue weighted by atomic mass is 9.95. The van der Waals surface area contributed by atoms with Gasteiger partial charge in [0.25, 0.3) is 5.91 Å². The van der Waals surface area contributed by atoms with E-state index in [4.69, 9.17) is 4.74 Å². The summed E-state index contributed by atoms with van der Waals surface area (Å²) in [5, 5.41) is 4.59. The Bertz CT molecular complexity index is 724. The first-order valence-electron chi connectivity index (χ1n) is 8.49. The number of aromatic nitrogens is 3. The highest BCUT2D eigenvalue weighted by atomic mass is 16.5. The minimum absolute atomic E-state index is 0.0447. The van der Waals surface area contributed by atoms with Gasteiger partial charge in [0.05, 0.1) is 25.0 Å². The second-order valence-electron chi connectivity index (χ2n) is 6.75. The van der Waals surface area contributed by atoms with Crippen molar-refractivity contribution in [2.24, 2.45) is 5.92 Å². The largest absolute Gasteiger partial charge is 0.384 e. The maximum absolute atomic E-state index is 12.9. The number of fused-ring (bicyclic) bond motifs is 1. The average molecular weight is 326 g/mol. The second kappa shape index (κ2) is 6.36. The molecule has 2 aliphatic rings. The third-order valence-electron chi connectivity index (χ3n) is 4.91. The Kier molecular flexibility index (Phi) is 4.06. The first-order valence-corrected chi connectivity index (χ1v) is 8.49. The van der Waals surface area contributed by atoms with Crippen molar-refractivity contribution in [3.63, 3.8) is 0 Å². The van der Waals surface area contributed by atoms with Crippen LogP contribution >= 0.6 is 0 Å². The highest BCUT2D eigenvalue weighted by Gasteiger charge is 2.33. The molecule has 6 nitrogen and oxygen atoms in total. The van der Waals surface area contributed by atoms with E-state index < -0.39 is 0 Å². The molecule has 24 heavy (non-hydrogen) atoms. The van der Waals surface area contributed by atoms with Crippen molar-refractivity contribution in [3.8, 4) is 0 Å². The number of nitrogens with zero attached hydrogens (tertiary/aromatic N) is 4. The van der Waals surface area contributed by atoms with Crippen molar-refractivity contribution in [2.45, 2.75) is 31.8 Å². The fraction of sp³-hybridized carbons (Fsp3) is 0.500. The van der Waals surface area contributed by atoms with Crippen molar-refractivity contribution in [1.29, 1.82) is 0 Å². The summed E-state index contributed by atoms with van der Waals surface area (Å²) in [6.07, 6.45) is 7.86. The highest BCUT2D eigenvalue weighted by molar-refractivity contribution is 5.94. The number of hydrogen-bond donors (Lipinski definition) is 0. The zero-order chi connectivity index (χ0) is 16.5. The molecule has 126 valence electrons. The number of pyridine rings is 1. The van der Waals surface area contributed by atoms with Crippen LogP contribution in [0, 0.1) is 5.92 Å². The first-order chi connectivity index (χ1) is 11.8. The fourth-order valence-corrected chi connectivity index (χ4v) is 3.43. The van der Waals surface area contributed by atoms with Crippen LogP contribution in [0.1, 0.15) is 40.4 Å². The molecule has 0 radical (unpaired) electrons. The van der Waals surface area contributed by atoms with E-state index in [2.05, 4.69) is 14.8 Å². The predicted molar refractivity (Wildman–Crippen MR) is 88.5 cm³/mol. The van der Waals surface area contributed by atoms with E-state index in [-0.39, 0.29) is 11.8 Å². The van der Waals surface area contributed by atoms with Crippen LogP contribution in [0.25, 0.3) is 0 Å². The number of amides is 1. The SMILES string of the molecule is COC[C@@H]1CN(C(=O)c2ccncc2)Cc2c1cnn2CC1CC1. The van der Waals surface area contributed by atoms with Crippen LogP contribution in [-0.2, 0) is 17.8 Å².